The Morgan fingerprint density at radius 2 is 1.78 bits per heavy atom. The number of amides is 2. The second kappa shape index (κ2) is 8.82. The molecule has 0 aromatic rings. The molecule has 18 heavy (non-hydrogen) atoms. The van der Waals surface area contributed by atoms with Crippen LogP contribution in [0.5, 0.6) is 0 Å². The third-order valence-electron chi connectivity index (χ3n) is 1.59. The first kappa shape index (κ1) is 15.7. The molecule has 5 N–H and O–H groups in total. The van der Waals surface area contributed by atoms with Crippen molar-refractivity contribution < 1.29 is 34.4 Å². The van der Waals surface area contributed by atoms with E-state index in [4.69, 9.17) is 15.3 Å². The summed E-state index contributed by atoms with van der Waals surface area (Å²) in [7, 11) is 0. The molecule has 0 saturated heterocycles. The van der Waals surface area contributed by atoms with Gasteiger partial charge < -0.3 is 20.1 Å². The SMILES string of the molecule is O=C(O)NC=C(NC(=O)O)C(=O)OCCCCO. The largest absolute Gasteiger partial charge is 0.465 e. The zero-order valence-electron chi connectivity index (χ0n) is 9.38. The highest BCUT2D eigenvalue weighted by Crippen LogP contribution is 1.96. The minimum atomic E-state index is -1.53. The fourth-order valence-electron chi connectivity index (χ4n) is 0.852. The lowest BCUT2D eigenvalue weighted by Gasteiger charge is -2.07. The Kier molecular flexibility index (Phi) is 7.69. The first-order valence-electron chi connectivity index (χ1n) is 4.95. The Balaban J connectivity index is 4.35. The zero-order chi connectivity index (χ0) is 14.0. The average molecular weight is 262 g/mol. The van der Waals surface area contributed by atoms with Crippen LogP contribution in [0.4, 0.5) is 9.59 Å². The number of carbonyl (C=O) groups is 3. The number of aliphatic hydroxyl groups is 1. The molecular weight excluding hydrogens is 248 g/mol. The van der Waals surface area contributed by atoms with Crippen LogP contribution in [0.3, 0.4) is 0 Å². The van der Waals surface area contributed by atoms with Crippen molar-refractivity contribution in [3.8, 4) is 0 Å². The molecule has 0 aromatic carbocycles. The Bertz CT molecular complexity index is 340. The molecule has 0 saturated carbocycles. The van der Waals surface area contributed by atoms with Gasteiger partial charge in [-0.3, -0.25) is 10.6 Å². The number of esters is 1. The molecule has 102 valence electrons. The molecule has 0 atom stereocenters. The summed E-state index contributed by atoms with van der Waals surface area (Å²) in [6.07, 6.45) is -1.46. The van der Waals surface area contributed by atoms with Crippen molar-refractivity contribution >= 4 is 18.2 Å². The molecule has 0 heterocycles. The van der Waals surface area contributed by atoms with E-state index in [0.29, 0.717) is 19.0 Å². The molecular formula is C9H14N2O7. The number of hydrogen-bond acceptors (Lipinski definition) is 5. The Morgan fingerprint density at radius 3 is 2.28 bits per heavy atom. The van der Waals surface area contributed by atoms with E-state index in [1.807, 2.05) is 0 Å². The number of carbonyl (C=O) groups excluding carboxylic acids is 1. The predicted molar refractivity (Wildman–Crippen MR) is 57.7 cm³/mol. The van der Waals surface area contributed by atoms with E-state index in [-0.39, 0.29) is 13.2 Å². The van der Waals surface area contributed by atoms with Crippen LogP contribution in [0.2, 0.25) is 0 Å². The standard InChI is InChI=1S/C9H14N2O7/c12-3-1-2-4-18-7(13)6(11-9(16)17)5-10-8(14)15/h5,10-12H,1-4H2,(H,14,15)(H,16,17). The molecule has 0 aliphatic heterocycles. The van der Waals surface area contributed by atoms with Crippen LogP contribution in [-0.2, 0) is 9.53 Å². The van der Waals surface area contributed by atoms with Gasteiger partial charge in [-0.2, -0.15) is 0 Å². The fourth-order valence-corrected chi connectivity index (χ4v) is 0.852. The molecule has 0 aliphatic rings. The van der Waals surface area contributed by atoms with Gasteiger partial charge in [0.1, 0.15) is 5.70 Å². The maximum Gasteiger partial charge on any atom is 0.409 e. The third-order valence-corrected chi connectivity index (χ3v) is 1.59. The van der Waals surface area contributed by atoms with Crippen molar-refractivity contribution in [2.45, 2.75) is 12.8 Å². The lowest BCUT2D eigenvalue weighted by molar-refractivity contribution is -0.139. The molecule has 0 aromatic heterocycles. The number of carboxylic acid groups (broad SMARTS) is 2. The fraction of sp³-hybridized carbons (Fsp3) is 0.444. The van der Waals surface area contributed by atoms with Crippen molar-refractivity contribution in [2.75, 3.05) is 13.2 Å². The molecule has 0 rings (SSSR count). The van der Waals surface area contributed by atoms with Gasteiger partial charge in [-0.15, -0.1) is 0 Å². The monoisotopic (exact) mass is 262 g/mol. The first-order chi connectivity index (χ1) is 8.47. The van der Waals surface area contributed by atoms with E-state index in [2.05, 4.69) is 4.74 Å². The van der Waals surface area contributed by atoms with Gasteiger partial charge in [0.25, 0.3) is 0 Å². The summed E-state index contributed by atoms with van der Waals surface area (Å²) < 4.78 is 4.66. The number of unbranched alkanes of at least 4 members (excludes halogenated alkanes) is 1. The summed E-state index contributed by atoms with van der Waals surface area (Å²) >= 11 is 0. The number of hydrogen-bond donors (Lipinski definition) is 5. The molecule has 0 unspecified atom stereocenters. The maximum absolute atomic E-state index is 11.3. The quantitative estimate of drug-likeness (QED) is 0.240. The summed E-state index contributed by atoms with van der Waals surface area (Å²) in [6, 6.07) is 0. The second-order valence-electron chi connectivity index (χ2n) is 3.00. The maximum atomic E-state index is 11.3. The Morgan fingerprint density at radius 1 is 1.11 bits per heavy atom. The molecule has 0 fully saturated rings. The minimum Gasteiger partial charge on any atom is -0.465 e. The summed E-state index contributed by atoms with van der Waals surface area (Å²) in [6.45, 7) is -0.0563. The van der Waals surface area contributed by atoms with E-state index < -0.39 is 23.9 Å². The molecule has 9 heteroatoms. The lowest BCUT2D eigenvalue weighted by atomic mass is 10.3. The smallest absolute Gasteiger partial charge is 0.409 e. The summed E-state index contributed by atoms with van der Waals surface area (Å²) in [5.41, 5.74) is -0.547. The van der Waals surface area contributed by atoms with Crippen molar-refractivity contribution in [1.82, 2.24) is 10.6 Å². The van der Waals surface area contributed by atoms with Gasteiger partial charge in [0.05, 0.1) is 6.61 Å². The number of ether oxygens (including phenoxy) is 1. The van der Waals surface area contributed by atoms with Crippen molar-refractivity contribution in [3.63, 3.8) is 0 Å². The predicted octanol–water partition coefficient (Wildman–Crippen LogP) is -0.321. The highest BCUT2D eigenvalue weighted by atomic mass is 16.5. The Hall–Kier alpha value is -2.29. The van der Waals surface area contributed by atoms with Gasteiger partial charge in [-0.25, -0.2) is 14.4 Å². The van der Waals surface area contributed by atoms with Gasteiger partial charge in [-0.05, 0) is 12.8 Å². The van der Waals surface area contributed by atoms with Crippen LogP contribution in [0.25, 0.3) is 0 Å². The number of nitrogens with one attached hydrogen (secondary N) is 2. The van der Waals surface area contributed by atoms with Gasteiger partial charge in [0.2, 0.25) is 0 Å². The topological polar surface area (TPSA) is 145 Å². The summed E-state index contributed by atoms with van der Waals surface area (Å²) in [5, 5.41) is 28.7. The number of rotatable bonds is 7. The molecule has 0 radical (unpaired) electrons. The normalized spacial score (nSPS) is 10.6. The summed E-state index contributed by atoms with van der Waals surface area (Å²) in [5.74, 6) is -1.01. The third kappa shape index (κ3) is 7.93. The molecule has 0 aliphatic carbocycles. The molecule has 2 amide bonds. The van der Waals surface area contributed by atoms with Crippen molar-refractivity contribution in [2.24, 2.45) is 0 Å². The average Bonchev–Trinajstić information content (AvgIpc) is 2.29. The van der Waals surface area contributed by atoms with Gasteiger partial charge in [0, 0.05) is 12.8 Å². The lowest BCUT2D eigenvalue weighted by Crippen LogP contribution is -2.30. The Labute approximate surface area is 102 Å². The van der Waals surface area contributed by atoms with Crippen LogP contribution in [0.15, 0.2) is 11.9 Å². The van der Waals surface area contributed by atoms with E-state index >= 15 is 0 Å². The molecule has 0 spiro atoms. The highest BCUT2D eigenvalue weighted by Gasteiger charge is 2.14. The van der Waals surface area contributed by atoms with Crippen molar-refractivity contribution in [3.05, 3.63) is 11.9 Å². The first-order valence-corrected chi connectivity index (χ1v) is 4.95. The molecule has 9 nitrogen and oxygen atoms in total. The van der Waals surface area contributed by atoms with Gasteiger partial charge in [-0.1, -0.05) is 0 Å². The van der Waals surface area contributed by atoms with E-state index in [9.17, 15) is 14.4 Å². The van der Waals surface area contributed by atoms with Crippen molar-refractivity contribution in [1.29, 1.82) is 0 Å². The van der Waals surface area contributed by atoms with Crippen LogP contribution >= 0.6 is 0 Å². The van der Waals surface area contributed by atoms with Gasteiger partial charge in [0.15, 0.2) is 0 Å². The summed E-state index contributed by atoms with van der Waals surface area (Å²) in [4.78, 5) is 31.9. The highest BCUT2D eigenvalue weighted by molar-refractivity contribution is 5.92. The van der Waals surface area contributed by atoms with E-state index in [1.165, 1.54) is 0 Å². The van der Waals surface area contributed by atoms with E-state index in [1.54, 1.807) is 10.6 Å². The number of aliphatic hydroxyl groups excluding tert-OH is 1. The molecule has 0 bridgehead atoms. The van der Waals surface area contributed by atoms with Crippen LogP contribution in [0, 0.1) is 0 Å². The van der Waals surface area contributed by atoms with E-state index in [0.717, 1.165) is 0 Å². The van der Waals surface area contributed by atoms with Crippen LogP contribution < -0.4 is 10.6 Å². The van der Waals surface area contributed by atoms with Crippen LogP contribution in [-0.4, -0.2) is 46.7 Å². The van der Waals surface area contributed by atoms with Gasteiger partial charge >= 0.3 is 18.2 Å². The minimum absolute atomic E-state index is 0.00883. The second-order valence-corrected chi connectivity index (χ2v) is 3.00. The zero-order valence-corrected chi connectivity index (χ0v) is 9.38. The van der Waals surface area contributed by atoms with Crippen LogP contribution in [0.1, 0.15) is 12.8 Å².